The molecule has 0 radical (unpaired) electrons. The summed E-state index contributed by atoms with van der Waals surface area (Å²) in [5, 5.41) is 9.41. The van der Waals surface area contributed by atoms with Gasteiger partial charge in [-0.05, 0) is 30.7 Å². The zero-order chi connectivity index (χ0) is 13.1. The molecule has 0 heterocycles. The van der Waals surface area contributed by atoms with E-state index in [0.29, 0.717) is 22.3 Å². The molecule has 0 spiro atoms. The molecule has 18 heavy (non-hydrogen) atoms. The van der Waals surface area contributed by atoms with Crippen molar-refractivity contribution in [1.29, 1.82) is 0 Å². The number of benzene rings is 2. The van der Waals surface area contributed by atoms with Crippen LogP contribution in [0.2, 0.25) is 0 Å². The summed E-state index contributed by atoms with van der Waals surface area (Å²) in [6.45, 7) is 1.74. The molecule has 0 bridgehead atoms. The molecule has 0 aliphatic carbocycles. The Morgan fingerprint density at radius 2 is 1.67 bits per heavy atom. The van der Waals surface area contributed by atoms with E-state index in [1.165, 1.54) is 6.07 Å². The number of hydrogen-bond donors (Lipinski definition) is 1. The molecule has 0 fully saturated rings. The number of ketones is 1. The Balaban J connectivity index is 2.34. The highest BCUT2D eigenvalue weighted by atomic mass is 16.3. The maximum absolute atomic E-state index is 12.1. The van der Waals surface area contributed by atoms with E-state index >= 15 is 0 Å². The van der Waals surface area contributed by atoms with Crippen molar-refractivity contribution in [2.75, 3.05) is 0 Å². The number of phenols is 1. The first-order valence-corrected chi connectivity index (χ1v) is 5.51. The summed E-state index contributed by atoms with van der Waals surface area (Å²) in [7, 11) is 0. The third kappa shape index (κ3) is 2.30. The van der Waals surface area contributed by atoms with Crippen molar-refractivity contribution >= 4 is 12.1 Å². The monoisotopic (exact) mass is 240 g/mol. The molecule has 0 saturated heterocycles. The van der Waals surface area contributed by atoms with Gasteiger partial charge < -0.3 is 5.11 Å². The molecular formula is C15H12O3. The van der Waals surface area contributed by atoms with Gasteiger partial charge in [0.05, 0.1) is 0 Å². The first-order chi connectivity index (χ1) is 8.61. The molecule has 0 saturated carbocycles. The molecular weight excluding hydrogens is 228 g/mol. The summed E-state index contributed by atoms with van der Waals surface area (Å²) in [5.41, 5.74) is 2.23. The Hall–Kier alpha value is -2.42. The van der Waals surface area contributed by atoms with Crippen LogP contribution >= 0.6 is 0 Å². The molecule has 0 aliphatic heterocycles. The lowest BCUT2D eigenvalue weighted by Gasteiger charge is -2.04. The minimum Gasteiger partial charge on any atom is -0.508 e. The van der Waals surface area contributed by atoms with Crippen molar-refractivity contribution in [2.45, 2.75) is 6.92 Å². The number of phenolic OH excluding ortho intramolecular Hbond substituents is 1. The van der Waals surface area contributed by atoms with Crippen LogP contribution in [0.4, 0.5) is 0 Å². The van der Waals surface area contributed by atoms with Crippen molar-refractivity contribution in [2.24, 2.45) is 0 Å². The molecule has 0 amide bonds. The standard InChI is InChI=1S/C15H12O3/c1-10-8-13(6-7-14(10)17)15(18)12-4-2-11(9-16)3-5-12/h2-9,17H,1H3. The van der Waals surface area contributed by atoms with Gasteiger partial charge in [0.15, 0.2) is 5.78 Å². The molecule has 3 heteroatoms. The third-order valence-electron chi connectivity index (χ3n) is 2.77. The van der Waals surface area contributed by atoms with E-state index in [1.807, 2.05) is 0 Å². The molecule has 2 rings (SSSR count). The third-order valence-corrected chi connectivity index (χ3v) is 2.77. The summed E-state index contributed by atoms with van der Waals surface area (Å²) >= 11 is 0. The lowest BCUT2D eigenvalue weighted by Crippen LogP contribution is -2.01. The predicted octanol–water partition coefficient (Wildman–Crippen LogP) is 2.74. The molecule has 2 aromatic carbocycles. The number of rotatable bonds is 3. The van der Waals surface area contributed by atoms with Gasteiger partial charge in [-0.2, -0.15) is 0 Å². The number of carbonyl (C=O) groups is 2. The second kappa shape index (κ2) is 4.84. The summed E-state index contributed by atoms with van der Waals surface area (Å²) in [6.07, 6.45) is 0.735. The highest BCUT2D eigenvalue weighted by Crippen LogP contribution is 2.19. The molecule has 90 valence electrons. The van der Waals surface area contributed by atoms with Crippen LogP contribution in [0, 0.1) is 6.92 Å². The summed E-state index contributed by atoms with van der Waals surface area (Å²) in [6, 6.07) is 11.2. The van der Waals surface area contributed by atoms with Crippen LogP contribution in [-0.2, 0) is 0 Å². The van der Waals surface area contributed by atoms with Gasteiger partial charge in [0.1, 0.15) is 12.0 Å². The van der Waals surface area contributed by atoms with Gasteiger partial charge in [0, 0.05) is 16.7 Å². The smallest absolute Gasteiger partial charge is 0.193 e. The Bertz CT molecular complexity index is 598. The molecule has 3 nitrogen and oxygen atoms in total. The van der Waals surface area contributed by atoms with E-state index in [1.54, 1.807) is 43.3 Å². The number of aromatic hydroxyl groups is 1. The van der Waals surface area contributed by atoms with E-state index < -0.39 is 0 Å². The van der Waals surface area contributed by atoms with Crippen molar-refractivity contribution in [3.63, 3.8) is 0 Å². The Morgan fingerprint density at radius 3 is 2.22 bits per heavy atom. The minimum absolute atomic E-state index is 0.129. The second-order valence-corrected chi connectivity index (χ2v) is 4.07. The molecule has 0 unspecified atom stereocenters. The van der Waals surface area contributed by atoms with Crippen LogP contribution in [-0.4, -0.2) is 17.2 Å². The van der Waals surface area contributed by atoms with Gasteiger partial charge in [0.2, 0.25) is 0 Å². The van der Waals surface area contributed by atoms with Gasteiger partial charge in [0.25, 0.3) is 0 Å². The van der Waals surface area contributed by atoms with Crippen LogP contribution in [0.5, 0.6) is 5.75 Å². The van der Waals surface area contributed by atoms with Crippen molar-refractivity contribution < 1.29 is 14.7 Å². The van der Waals surface area contributed by atoms with E-state index in [0.717, 1.165) is 6.29 Å². The SMILES string of the molecule is Cc1cc(C(=O)c2ccc(C=O)cc2)ccc1O. The molecule has 1 N–H and O–H groups in total. The number of hydrogen-bond acceptors (Lipinski definition) is 3. The van der Waals surface area contributed by atoms with Crippen LogP contribution < -0.4 is 0 Å². The first-order valence-electron chi connectivity index (χ1n) is 5.51. The predicted molar refractivity (Wildman–Crippen MR) is 68.1 cm³/mol. The largest absolute Gasteiger partial charge is 0.508 e. The average molecular weight is 240 g/mol. The Labute approximate surface area is 105 Å². The fraction of sp³-hybridized carbons (Fsp3) is 0.0667. The van der Waals surface area contributed by atoms with Crippen LogP contribution in [0.25, 0.3) is 0 Å². The minimum atomic E-state index is -0.129. The van der Waals surface area contributed by atoms with Crippen molar-refractivity contribution in [1.82, 2.24) is 0 Å². The average Bonchev–Trinajstić information content (AvgIpc) is 2.41. The van der Waals surface area contributed by atoms with Gasteiger partial charge in [-0.25, -0.2) is 0 Å². The zero-order valence-electron chi connectivity index (χ0n) is 9.88. The topological polar surface area (TPSA) is 54.4 Å². The van der Waals surface area contributed by atoms with Gasteiger partial charge in [-0.15, -0.1) is 0 Å². The van der Waals surface area contributed by atoms with Gasteiger partial charge >= 0.3 is 0 Å². The maximum Gasteiger partial charge on any atom is 0.193 e. The molecule has 2 aromatic rings. The highest BCUT2D eigenvalue weighted by Gasteiger charge is 2.10. The lowest BCUT2D eigenvalue weighted by atomic mass is 10.0. The fourth-order valence-corrected chi connectivity index (χ4v) is 1.68. The van der Waals surface area contributed by atoms with Crippen LogP contribution in [0.3, 0.4) is 0 Å². The normalized spacial score (nSPS) is 10.1. The number of aryl methyl sites for hydroxylation is 1. The molecule has 0 aromatic heterocycles. The Kier molecular flexibility index (Phi) is 3.24. The zero-order valence-corrected chi connectivity index (χ0v) is 9.88. The van der Waals surface area contributed by atoms with Crippen molar-refractivity contribution in [3.8, 4) is 5.75 Å². The maximum atomic E-state index is 12.1. The number of aldehydes is 1. The quantitative estimate of drug-likeness (QED) is 0.663. The second-order valence-electron chi connectivity index (χ2n) is 4.07. The first kappa shape index (κ1) is 12.0. The van der Waals surface area contributed by atoms with Crippen LogP contribution in [0.15, 0.2) is 42.5 Å². The van der Waals surface area contributed by atoms with E-state index in [4.69, 9.17) is 0 Å². The molecule has 0 aliphatic rings. The van der Waals surface area contributed by atoms with Crippen LogP contribution in [0.1, 0.15) is 31.8 Å². The summed E-state index contributed by atoms with van der Waals surface area (Å²) in [4.78, 5) is 22.7. The number of carbonyl (C=O) groups excluding carboxylic acids is 2. The highest BCUT2D eigenvalue weighted by molar-refractivity contribution is 6.09. The summed E-state index contributed by atoms with van der Waals surface area (Å²) < 4.78 is 0. The molecule has 0 atom stereocenters. The van der Waals surface area contributed by atoms with E-state index in [9.17, 15) is 14.7 Å². The summed E-state index contributed by atoms with van der Waals surface area (Å²) in [5.74, 6) is 0.0402. The van der Waals surface area contributed by atoms with Crippen molar-refractivity contribution in [3.05, 3.63) is 64.7 Å². The van der Waals surface area contributed by atoms with E-state index in [2.05, 4.69) is 0 Å². The lowest BCUT2D eigenvalue weighted by molar-refractivity contribution is 0.103. The van der Waals surface area contributed by atoms with E-state index in [-0.39, 0.29) is 11.5 Å². The Morgan fingerprint density at radius 1 is 1.06 bits per heavy atom. The fourth-order valence-electron chi connectivity index (χ4n) is 1.68. The van der Waals surface area contributed by atoms with Gasteiger partial charge in [-0.1, -0.05) is 24.3 Å². The van der Waals surface area contributed by atoms with Gasteiger partial charge in [-0.3, -0.25) is 9.59 Å².